The van der Waals surface area contributed by atoms with E-state index in [4.69, 9.17) is 5.73 Å². The molecule has 2 atom stereocenters. The number of hydrogen-bond acceptors (Lipinski definition) is 3. The summed E-state index contributed by atoms with van der Waals surface area (Å²) in [5.41, 5.74) is 9.53. The Labute approximate surface area is 114 Å². The maximum Gasteiger partial charge on any atom is 0.217 e. The maximum atomic E-state index is 11.1. The van der Waals surface area contributed by atoms with Crippen molar-refractivity contribution < 1.29 is 4.79 Å². The van der Waals surface area contributed by atoms with Gasteiger partial charge in [-0.2, -0.15) is 0 Å². The van der Waals surface area contributed by atoms with Crippen LogP contribution in [-0.4, -0.2) is 29.9 Å². The molecule has 19 heavy (non-hydrogen) atoms. The van der Waals surface area contributed by atoms with E-state index in [0.717, 1.165) is 31.6 Å². The molecule has 0 spiro atoms. The summed E-state index contributed by atoms with van der Waals surface area (Å²) in [7, 11) is 0. The number of benzene rings is 1. The smallest absolute Gasteiger partial charge is 0.217 e. The van der Waals surface area contributed by atoms with Gasteiger partial charge in [-0.05, 0) is 42.5 Å². The quantitative estimate of drug-likeness (QED) is 0.791. The minimum absolute atomic E-state index is 0.0754. The van der Waals surface area contributed by atoms with Gasteiger partial charge in [0.2, 0.25) is 5.91 Å². The van der Waals surface area contributed by atoms with E-state index in [9.17, 15) is 4.79 Å². The number of fused-ring (bicyclic) bond motifs is 1. The molecule has 2 aliphatic rings. The average molecular weight is 259 g/mol. The van der Waals surface area contributed by atoms with Crippen LogP contribution in [0.4, 0.5) is 5.69 Å². The third-order valence-corrected chi connectivity index (χ3v) is 4.28. The molecule has 1 heterocycles. The third kappa shape index (κ3) is 2.45. The van der Waals surface area contributed by atoms with Crippen LogP contribution in [0.5, 0.6) is 0 Å². The number of nitrogen functional groups attached to an aromatic ring is 1. The number of rotatable bonds is 2. The van der Waals surface area contributed by atoms with E-state index in [2.05, 4.69) is 22.3 Å². The lowest BCUT2D eigenvalue weighted by atomic mass is 10.1. The number of nitrogens with zero attached hydrogens (tertiary/aromatic N) is 1. The van der Waals surface area contributed by atoms with Crippen molar-refractivity contribution in [2.45, 2.75) is 38.3 Å². The maximum absolute atomic E-state index is 11.1. The van der Waals surface area contributed by atoms with Gasteiger partial charge in [0.25, 0.3) is 0 Å². The topological polar surface area (TPSA) is 58.4 Å². The number of aryl methyl sites for hydroxylation is 1. The highest BCUT2D eigenvalue weighted by Gasteiger charge is 2.33. The fraction of sp³-hybridized carbons (Fsp3) is 0.533. The van der Waals surface area contributed by atoms with Crippen molar-refractivity contribution in [3.63, 3.8) is 0 Å². The summed E-state index contributed by atoms with van der Waals surface area (Å²) >= 11 is 0. The van der Waals surface area contributed by atoms with Crippen LogP contribution in [0.1, 0.15) is 36.9 Å². The third-order valence-electron chi connectivity index (χ3n) is 4.28. The van der Waals surface area contributed by atoms with E-state index < -0.39 is 0 Å². The Kier molecular flexibility index (Phi) is 3.19. The summed E-state index contributed by atoms with van der Waals surface area (Å²) in [6.45, 7) is 3.63. The lowest BCUT2D eigenvalue weighted by molar-refractivity contribution is -0.119. The zero-order valence-corrected chi connectivity index (χ0v) is 11.4. The normalized spacial score (nSPS) is 26.4. The van der Waals surface area contributed by atoms with Crippen molar-refractivity contribution in [1.82, 2.24) is 10.2 Å². The molecule has 1 aromatic carbocycles. The minimum Gasteiger partial charge on any atom is -0.399 e. The summed E-state index contributed by atoms with van der Waals surface area (Å²) in [6, 6.07) is 7.10. The average Bonchev–Trinajstić information content (AvgIpc) is 2.93. The summed E-state index contributed by atoms with van der Waals surface area (Å²) in [5, 5.41) is 3.03. The van der Waals surface area contributed by atoms with Crippen molar-refractivity contribution in [1.29, 1.82) is 0 Å². The summed E-state index contributed by atoms with van der Waals surface area (Å²) in [5.74, 6) is 0.0754. The fourth-order valence-electron chi connectivity index (χ4n) is 3.47. The first-order valence-electron chi connectivity index (χ1n) is 7.03. The molecule has 1 aromatic rings. The van der Waals surface area contributed by atoms with Crippen molar-refractivity contribution >= 4 is 11.6 Å². The molecular formula is C15H21N3O. The SMILES string of the molecule is CC(=O)NC1CCN(C2CCc3cc(N)ccc32)C1. The van der Waals surface area contributed by atoms with Crippen LogP contribution in [0, 0.1) is 0 Å². The van der Waals surface area contributed by atoms with Gasteiger partial charge < -0.3 is 11.1 Å². The number of carbonyl (C=O) groups excluding carboxylic acids is 1. The summed E-state index contributed by atoms with van der Waals surface area (Å²) < 4.78 is 0. The van der Waals surface area contributed by atoms with Gasteiger partial charge >= 0.3 is 0 Å². The Morgan fingerprint density at radius 2 is 2.26 bits per heavy atom. The van der Waals surface area contributed by atoms with Crippen molar-refractivity contribution in [2.75, 3.05) is 18.8 Å². The number of nitrogens with one attached hydrogen (secondary N) is 1. The molecular weight excluding hydrogens is 238 g/mol. The number of hydrogen-bond donors (Lipinski definition) is 2. The van der Waals surface area contributed by atoms with E-state index >= 15 is 0 Å². The number of nitrogens with two attached hydrogens (primary N) is 1. The van der Waals surface area contributed by atoms with Crippen LogP contribution in [0.25, 0.3) is 0 Å². The van der Waals surface area contributed by atoms with Crippen LogP contribution in [0.15, 0.2) is 18.2 Å². The molecule has 1 saturated heterocycles. The molecule has 1 aliphatic carbocycles. The Morgan fingerprint density at radius 3 is 3.05 bits per heavy atom. The summed E-state index contributed by atoms with van der Waals surface area (Å²) in [4.78, 5) is 13.6. The fourth-order valence-corrected chi connectivity index (χ4v) is 3.47. The highest BCUT2D eigenvalue weighted by molar-refractivity contribution is 5.73. The molecule has 1 aliphatic heterocycles. The zero-order valence-electron chi connectivity index (χ0n) is 11.4. The van der Waals surface area contributed by atoms with Gasteiger partial charge in [0.15, 0.2) is 0 Å². The van der Waals surface area contributed by atoms with E-state index in [1.807, 2.05) is 6.07 Å². The largest absolute Gasteiger partial charge is 0.399 e. The number of anilines is 1. The van der Waals surface area contributed by atoms with Gasteiger partial charge in [0, 0.05) is 37.8 Å². The second kappa shape index (κ2) is 4.85. The number of likely N-dealkylation sites (tertiary alicyclic amines) is 1. The van der Waals surface area contributed by atoms with Crippen LogP contribution >= 0.6 is 0 Å². The van der Waals surface area contributed by atoms with E-state index in [1.54, 1.807) is 6.92 Å². The molecule has 1 amide bonds. The molecule has 0 aromatic heterocycles. The van der Waals surface area contributed by atoms with E-state index in [1.165, 1.54) is 17.5 Å². The molecule has 4 heteroatoms. The second-order valence-electron chi connectivity index (χ2n) is 5.69. The standard InChI is InChI=1S/C15H21N3O/c1-10(19)17-13-6-7-18(9-13)15-5-2-11-8-12(16)3-4-14(11)15/h3-4,8,13,15H,2,5-7,9,16H2,1H3,(H,17,19). The van der Waals surface area contributed by atoms with Crippen molar-refractivity contribution in [3.8, 4) is 0 Å². The van der Waals surface area contributed by atoms with Crippen LogP contribution in [0.3, 0.4) is 0 Å². The van der Waals surface area contributed by atoms with Crippen LogP contribution < -0.4 is 11.1 Å². The Morgan fingerprint density at radius 1 is 1.42 bits per heavy atom. The predicted octanol–water partition coefficient (Wildman–Crippen LogP) is 1.47. The molecule has 1 fully saturated rings. The van der Waals surface area contributed by atoms with E-state index in [0.29, 0.717) is 12.1 Å². The molecule has 0 bridgehead atoms. The summed E-state index contributed by atoms with van der Waals surface area (Å²) in [6.07, 6.45) is 3.35. The van der Waals surface area contributed by atoms with Gasteiger partial charge in [-0.25, -0.2) is 0 Å². The Bertz CT molecular complexity index is 500. The van der Waals surface area contributed by atoms with Crippen LogP contribution in [-0.2, 0) is 11.2 Å². The van der Waals surface area contributed by atoms with Gasteiger partial charge in [-0.3, -0.25) is 9.69 Å². The van der Waals surface area contributed by atoms with Gasteiger partial charge in [0.1, 0.15) is 0 Å². The van der Waals surface area contributed by atoms with Crippen LogP contribution in [0.2, 0.25) is 0 Å². The lowest BCUT2D eigenvalue weighted by Gasteiger charge is -2.25. The molecule has 3 rings (SSSR count). The van der Waals surface area contributed by atoms with Crippen molar-refractivity contribution in [3.05, 3.63) is 29.3 Å². The monoisotopic (exact) mass is 259 g/mol. The van der Waals surface area contributed by atoms with Gasteiger partial charge in [0.05, 0.1) is 0 Å². The molecule has 102 valence electrons. The molecule has 4 nitrogen and oxygen atoms in total. The highest BCUT2D eigenvalue weighted by atomic mass is 16.1. The Hall–Kier alpha value is -1.55. The Balaban J connectivity index is 1.71. The minimum atomic E-state index is 0.0754. The van der Waals surface area contributed by atoms with E-state index in [-0.39, 0.29) is 5.91 Å². The lowest BCUT2D eigenvalue weighted by Crippen LogP contribution is -2.36. The second-order valence-corrected chi connectivity index (χ2v) is 5.69. The zero-order chi connectivity index (χ0) is 13.4. The predicted molar refractivity (Wildman–Crippen MR) is 75.7 cm³/mol. The first-order chi connectivity index (χ1) is 9.13. The number of amides is 1. The molecule has 3 N–H and O–H groups in total. The first kappa shape index (κ1) is 12.5. The highest BCUT2D eigenvalue weighted by Crippen LogP contribution is 2.38. The molecule has 2 unspecified atom stereocenters. The number of carbonyl (C=O) groups is 1. The van der Waals surface area contributed by atoms with Gasteiger partial charge in [-0.15, -0.1) is 0 Å². The molecule has 0 radical (unpaired) electrons. The van der Waals surface area contributed by atoms with Crippen molar-refractivity contribution in [2.24, 2.45) is 0 Å². The first-order valence-corrected chi connectivity index (χ1v) is 7.03. The molecule has 0 saturated carbocycles. The van der Waals surface area contributed by atoms with Gasteiger partial charge in [-0.1, -0.05) is 6.07 Å².